The molecule has 2 rings (SSSR count). The van der Waals surface area contributed by atoms with Crippen LogP contribution in [0, 0.1) is 11.8 Å². The number of benzene rings is 1. The molecule has 2 unspecified atom stereocenters. The molecule has 0 aliphatic carbocycles. The summed E-state index contributed by atoms with van der Waals surface area (Å²) in [4.78, 5) is 7.03. The van der Waals surface area contributed by atoms with E-state index in [4.69, 9.17) is 0 Å². The van der Waals surface area contributed by atoms with Crippen LogP contribution in [0.25, 0.3) is 0 Å². The first-order chi connectivity index (χ1) is 8.74. The molecule has 1 fully saturated rings. The molecule has 1 aromatic carbocycles. The molecule has 1 aliphatic heterocycles. The summed E-state index contributed by atoms with van der Waals surface area (Å²) < 4.78 is 0. The lowest BCUT2D eigenvalue weighted by Gasteiger charge is -2.17. The predicted octanol–water partition coefficient (Wildman–Crippen LogP) is 3.24. The van der Waals surface area contributed by atoms with Crippen LogP contribution in [0.1, 0.15) is 25.8 Å². The maximum Gasteiger partial charge on any atom is 0.0276 e. The standard InChI is InChI=1S/C16H24N2/c1-4-16(17-3)15-12-18(10-13(15)2)11-14-8-6-5-7-9-14/h5-9,13,15H,4,10-12H2,1-3H3. The van der Waals surface area contributed by atoms with E-state index in [1.165, 1.54) is 17.8 Å². The maximum atomic E-state index is 4.47. The molecule has 0 amide bonds. The summed E-state index contributed by atoms with van der Waals surface area (Å²) in [6.07, 6.45) is 1.09. The van der Waals surface area contributed by atoms with E-state index in [9.17, 15) is 0 Å². The van der Waals surface area contributed by atoms with E-state index in [1.807, 2.05) is 7.05 Å². The van der Waals surface area contributed by atoms with Crippen LogP contribution >= 0.6 is 0 Å². The van der Waals surface area contributed by atoms with Crippen molar-refractivity contribution in [3.63, 3.8) is 0 Å². The number of hydrogen-bond donors (Lipinski definition) is 0. The van der Waals surface area contributed by atoms with Crippen LogP contribution in [0.5, 0.6) is 0 Å². The van der Waals surface area contributed by atoms with Crippen LogP contribution in [0.15, 0.2) is 35.3 Å². The molecule has 98 valence electrons. The van der Waals surface area contributed by atoms with Crippen LogP contribution in [0.3, 0.4) is 0 Å². The molecule has 0 saturated carbocycles. The monoisotopic (exact) mass is 244 g/mol. The highest BCUT2D eigenvalue weighted by atomic mass is 15.2. The molecule has 2 heteroatoms. The van der Waals surface area contributed by atoms with Gasteiger partial charge in [0.15, 0.2) is 0 Å². The van der Waals surface area contributed by atoms with Gasteiger partial charge in [-0.3, -0.25) is 9.89 Å². The minimum absolute atomic E-state index is 0.656. The summed E-state index contributed by atoms with van der Waals surface area (Å²) in [6.45, 7) is 8.00. The zero-order chi connectivity index (χ0) is 13.0. The Morgan fingerprint density at radius 3 is 2.61 bits per heavy atom. The Balaban J connectivity index is 1.99. The van der Waals surface area contributed by atoms with Gasteiger partial charge in [0.25, 0.3) is 0 Å². The Morgan fingerprint density at radius 2 is 2.00 bits per heavy atom. The van der Waals surface area contributed by atoms with Crippen LogP contribution in [-0.4, -0.2) is 30.7 Å². The Morgan fingerprint density at radius 1 is 1.28 bits per heavy atom. The molecule has 1 aromatic rings. The van der Waals surface area contributed by atoms with E-state index < -0.39 is 0 Å². The van der Waals surface area contributed by atoms with Crippen molar-refractivity contribution in [2.45, 2.75) is 26.8 Å². The zero-order valence-corrected chi connectivity index (χ0v) is 11.8. The van der Waals surface area contributed by atoms with E-state index in [0.29, 0.717) is 5.92 Å². The van der Waals surface area contributed by atoms with Gasteiger partial charge in [0.05, 0.1) is 0 Å². The molecule has 0 radical (unpaired) electrons. The van der Waals surface area contributed by atoms with Crippen molar-refractivity contribution < 1.29 is 0 Å². The van der Waals surface area contributed by atoms with Crippen LogP contribution in [-0.2, 0) is 6.54 Å². The van der Waals surface area contributed by atoms with Gasteiger partial charge < -0.3 is 0 Å². The Kier molecular flexibility index (Phi) is 4.54. The molecule has 0 spiro atoms. The summed E-state index contributed by atoms with van der Waals surface area (Å²) in [5.74, 6) is 1.39. The normalized spacial score (nSPS) is 25.6. The molecular formula is C16H24N2. The topological polar surface area (TPSA) is 15.6 Å². The summed E-state index contributed by atoms with van der Waals surface area (Å²) in [7, 11) is 1.94. The Labute approximate surface area is 111 Å². The van der Waals surface area contributed by atoms with Crippen molar-refractivity contribution in [1.82, 2.24) is 4.90 Å². The van der Waals surface area contributed by atoms with Gasteiger partial charge in [-0.25, -0.2) is 0 Å². The fourth-order valence-corrected chi connectivity index (χ4v) is 3.06. The second-order valence-corrected chi connectivity index (χ2v) is 5.33. The summed E-state index contributed by atoms with van der Waals surface area (Å²) in [6, 6.07) is 10.8. The van der Waals surface area contributed by atoms with E-state index in [0.717, 1.165) is 25.4 Å². The van der Waals surface area contributed by atoms with Crippen molar-refractivity contribution in [3.8, 4) is 0 Å². The summed E-state index contributed by atoms with van der Waals surface area (Å²) in [5, 5.41) is 0. The smallest absolute Gasteiger partial charge is 0.0276 e. The van der Waals surface area contributed by atoms with Crippen LogP contribution < -0.4 is 0 Å². The van der Waals surface area contributed by atoms with Gasteiger partial charge in [-0.2, -0.15) is 0 Å². The fourth-order valence-electron chi connectivity index (χ4n) is 3.06. The number of aliphatic imine (C=N–C) groups is 1. The average Bonchev–Trinajstić information content (AvgIpc) is 2.73. The highest BCUT2D eigenvalue weighted by molar-refractivity contribution is 5.87. The summed E-state index contributed by atoms with van der Waals surface area (Å²) in [5.41, 5.74) is 2.80. The minimum atomic E-state index is 0.656. The van der Waals surface area contributed by atoms with E-state index in [2.05, 4.69) is 54.1 Å². The first-order valence-corrected chi connectivity index (χ1v) is 6.96. The molecule has 1 aliphatic rings. The lowest BCUT2D eigenvalue weighted by molar-refractivity contribution is 0.318. The number of nitrogens with zero attached hydrogens (tertiary/aromatic N) is 2. The number of likely N-dealkylation sites (tertiary alicyclic amines) is 1. The molecule has 1 heterocycles. The molecule has 1 saturated heterocycles. The molecule has 18 heavy (non-hydrogen) atoms. The van der Waals surface area contributed by atoms with Crippen LogP contribution in [0.2, 0.25) is 0 Å². The van der Waals surface area contributed by atoms with Crippen molar-refractivity contribution in [1.29, 1.82) is 0 Å². The number of hydrogen-bond acceptors (Lipinski definition) is 2. The highest BCUT2D eigenvalue weighted by Crippen LogP contribution is 2.26. The molecule has 0 aromatic heterocycles. The third-order valence-electron chi connectivity index (χ3n) is 4.01. The average molecular weight is 244 g/mol. The van der Waals surface area contributed by atoms with Gasteiger partial charge in [-0.05, 0) is 17.9 Å². The Bertz CT molecular complexity index is 397. The van der Waals surface area contributed by atoms with Crippen molar-refractivity contribution in [3.05, 3.63) is 35.9 Å². The SMILES string of the molecule is CCC(=NC)C1CN(Cc2ccccc2)CC1C. The Hall–Kier alpha value is -1.15. The van der Waals surface area contributed by atoms with Crippen molar-refractivity contribution >= 4 is 5.71 Å². The quantitative estimate of drug-likeness (QED) is 0.742. The molecule has 2 atom stereocenters. The first-order valence-electron chi connectivity index (χ1n) is 6.96. The second-order valence-electron chi connectivity index (χ2n) is 5.33. The van der Waals surface area contributed by atoms with Gasteiger partial charge in [0.1, 0.15) is 0 Å². The highest BCUT2D eigenvalue weighted by Gasteiger charge is 2.31. The van der Waals surface area contributed by atoms with Crippen LogP contribution in [0.4, 0.5) is 0 Å². The lowest BCUT2D eigenvalue weighted by atomic mass is 9.91. The predicted molar refractivity (Wildman–Crippen MR) is 78.0 cm³/mol. The largest absolute Gasteiger partial charge is 0.298 e. The first kappa shape index (κ1) is 13.3. The van der Waals surface area contributed by atoms with Gasteiger partial charge in [0.2, 0.25) is 0 Å². The van der Waals surface area contributed by atoms with E-state index >= 15 is 0 Å². The molecule has 0 bridgehead atoms. The molecule has 0 N–H and O–H groups in total. The second kappa shape index (κ2) is 6.14. The fraction of sp³-hybridized carbons (Fsp3) is 0.562. The van der Waals surface area contributed by atoms with Gasteiger partial charge in [-0.1, -0.05) is 44.2 Å². The van der Waals surface area contributed by atoms with Gasteiger partial charge >= 0.3 is 0 Å². The lowest BCUT2D eigenvalue weighted by Crippen LogP contribution is -2.23. The minimum Gasteiger partial charge on any atom is -0.298 e. The molecular weight excluding hydrogens is 220 g/mol. The number of rotatable bonds is 4. The third kappa shape index (κ3) is 2.99. The van der Waals surface area contributed by atoms with E-state index in [-0.39, 0.29) is 0 Å². The van der Waals surface area contributed by atoms with Gasteiger partial charge in [-0.15, -0.1) is 0 Å². The van der Waals surface area contributed by atoms with Gasteiger partial charge in [0, 0.05) is 38.3 Å². The summed E-state index contributed by atoms with van der Waals surface area (Å²) >= 11 is 0. The van der Waals surface area contributed by atoms with Crippen molar-refractivity contribution in [2.24, 2.45) is 16.8 Å². The van der Waals surface area contributed by atoms with E-state index in [1.54, 1.807) is 0 Å². The molecule has 2 nitrogen and oxygen atoms in total. The zero-order valence-electron chi connectivity index (χ0n) is 11.8. The maximum absolute atomic E-state index is 4.47. The van der Waals surface area contributed by atoms with Crippen molar-refractivity contribution in [2.75, 3.05) is 20.1 Å². The third-order valence-corrected chi connectivity index (χ3v) is 4.01.